The molecule has 0 bridgehead atoms. The Morgan fingerprint density at radius 3 is 2.24 bits per heavy atom. The fraction of sp³-hybridized carbons (Fsp3) is 0.364. The summed E-state index contributed by atoms with van der Waals surface area (Å²) in [6.45, 7) is 4.18. The van der Waals surface area contributed by atoms with Crippen LogP contribution in [0.2, 0.25) is 0 Å². The van der Waals surface area contributed by atoms with Gasteiger partial charge in [0.1, 0.15) is 5.75 Å². The van der Waals surface area contributed by atoms with Crippen LogP contribution in [0.1, 0.15) is 11.6 Å². The van der Waals surface area contributed by atoms with Crippen LogP contribution in [0.15, 0.2) is 54.6 Å². The zero-order valence-corrected chi connectivity index (χ0v) is 16.9. The Bertz CT molecular complexity index is 803. The summed E-state index contributed by atoms with van der Waals surface area (Å²) in [5, 5.41) is 5.42. The molecule has 0 aromatic heterocycles. The summed E-state index contributed by atoms with van der Waals surface area (Å²) in [4.78, 5) is 29.3. The van der Waals surface area contributed by atoms with Crippen molar-refractivity contribution >= 4 is 17.5 Å². The van der Waals surface area contributed by atoms with Crippen LogP contribution in [0, 0.1) is 0 Å². The van der Waals surface area contributed by atoms with Gasteiger partial charge < -0.3 is 20.3 Å². The molecule has 154 valence electrons. The van der Waals surface area contributed by atoms with Crippen molar-refractivity contribution in [3.8, 4) is 5.75 Å². The van der Waals surface area contributed by atoms with Gasteiger partial charge in [-0.25, -0.2) is 0 Å². The number of hydrogen-bond acceptors (Lipinski definition) is 5. The highest BCUT2D eigenvalue weighted by Crippen LogP contribution is 2.21. The Labute approximate surface area is 171 Å². The second-order valence-electron chi connectivity index (χ2n) is 7.16. The molecule has 0 aliphatic carbocycles. The van der Waals surface area contributed by atoms with Crippen LogP contribution in [0.5, 0.6) is 5.75 Å². The number of rotatable bonds is 6. The highest BCUT2D eigenvalue weighted by atomic mass is 16.5. The number of amides is 2. The topological polar surface area (TPSA) is 73.9 Å². The van der Waals surface area contributed by atoms with Gasteiger partial charge in [0.05, 0.1) is 13.2 Å². The number of methoxy groups -OCH3 is 1. The lowest BCUT2D eigenvalue weighted by molar-refractivity contribution is -0.136. The number of likely N-dealkylation sites (N-methyl/N-ethyl adjacent to an activating group) is 1. The first kappa shape index (κ1) is 20.8. The van der Waals surface area contributed by atoms with E-state index in [-0.39, 0.29) is 6.04 Å². The van der Waals surface area contributed by atoms with Gasteiger partial charge in [-0.1, -0.05) is 30.3 Å². The van der Waals surface area contributed by atoms with E-state index in [1.54, 1.807) is 31.4 Å². The Kier molecular flexibility index (Phi) is 7.21. The van der Waals surface area contributed by atoms with Crippen molar-refractivity contribution in [2.45, 2.75) is 6.04 Å². The highest BCUT2D eigenvalue weighted by molar-refractivity contribution is 6.39. The smallest absolute Gasteiger partial charge is 0.313 e. The first-order chi connectivity index (χ1) is 14.1. The van der Waals surface area contributed by atoms with E-state index in [0.29, 0.717) is 18.0 Å². The number of carbonyl (C=O) groups is 2. The van der Waals surface area contributed by atoms with Crippen molar-refractivity contribution in [3.05, 3.63) is 60.2 Å². The summed E-state index contributed by atoms with van der Waals surface area (Å²) >= 11 is 0. The van der Waals surface area contributed by atoms with Crippen LogP contribution in [0.25, 0.3) is 0 Å². The van der Waals surface area contributed by atoms with Crippen molar-refractivity contribution in [1.82, 2.24) is 15.1 Å². The van der Waals surface area contributed by atoms with Crippen LogP contribution >= 0.6 is 0 Å². The number of benzene rings is 2. The van der Waals surface area contributed by atoms with Gasteiger partial charge in [-0.15, -0.1) is 0 Å². The fourth-order valence-corrected chi connectivity index (χ4v) is 3.40. The SMILES string of the molecule is COc1ccc(NC(=O)C(=O)NCC(c2ccccc2)N2CCN(C)CC2)cc1. The normalized spacial score (nSPS) is 16.1. The zero-order valence-electron chi connectivity index (χ0n) is 16.9. The molecular weight excluding hydrogens is 368 g/mol. The first-order valence-electron chi connectivity index (χ1n) is 9.77. The van der Waals surface area contributed by atoms with Crippen molar-refractivity contribution in [1.29, 1.82) is 0 Å². The van der Waals surface area contributed by atoms with E-state index in [9.17, 15) is 9.59 Å². The lowest BCUT2D eigenvalue weighted by Crippen LogP contribution is -2.49. The number of anilines is 1. The molecule has 0 saturated carbocycles. The van der Waals surface area contributed by atoms with E-state index in [4.69, 9.17) is 4.74 Å². The molecule has 29 heavy (non-hydrogen) atoms. The average molecular weight is 396 g/mol. The second-order valence-corrected chi connectivity index (χ2v) is 7.16. The summed E-state index contributed by atoms with van der Waals surface area (Å²) in [6, 6.07) is 17.0. The summed E-state index contributed by atoms with van der Waals surface area (Å²) in [6.07, 6.45) is 0. The van der Waals surface area contributed by atoms with E-state index in [2.05, 4.69) is 39.6 Å². The molecule has 7 nitrogen and oxygen atoms in total. The Balaban J connectivity index is 1.60. The maximum Gasteiger partial charge on any atom is 0.313 e. The molecule has 1 fully saturated rings. The maximum atomic E-state index is 12.4. The van der Waals surface area contributed by atoms with Gasteiger partial charge in [0, 0.05) is 38.4 Å². The van der Waals surface area contributed by atoms with Gasteiger partial charge in [-0.2, -0.15) is 0 Å². The summed E-state index contributed by atoms with van der Waals surface area (Å²) < 4.78 is 5.09. The maximum absolute atomic E-state index is 12.4. The van der Waals surface area contributed by atoms with Crippen LogP contribution in [0.3, 0.4) is 0 Å². The quantitative estimate of drug-likeness (QED) is 0.728. The van der Waals surface area contributed by atoms with Crippen LogP contribution in [0.4, 0.5) is 5.69 Å². The molecule has 1 aliphatic rings. The minimum absolute atomic E-state index is 0.0302. The summed E-state index contributed by atoms with van der Waals surface area (Å²) in [7, 11) is 3.69. The Morgan fingerprint density at radius 1 is 0.966 bits per heavy atom. The van der Waals surface area contributed by atoms with Crippen LogP contribution in [-0.4, -0.2) is 68.5 Å². The number of nitrogens with zero attached hydrogens (tertiary/aromatic N) is 2. The fourth-order valence-electron chi connectivity index (χ4n) is 3.40. The van der Waals surface area contributed by atoms with E-state index < -0.39 is 11.8 Å². The minimum Gasteiger partial charge on any atom is -0.497 e. The van der Waals surface area contributed by atoms with E-state index in [1.807, 2.05) is 18.2 Å². The standard InChI is InChI=1S/C22H28N4O3/c1-25-12-14-26(15-13-25)20(17-6-4-3-5-7-17)16-23-21(27)22(28)24-18-8-10-19(29-2)11-9-18/h3-11,20H,12-16H2,1-2H3,(H,23,27)(H,24,28). The molecule has 0 spiro atoms. The number of nitrogens with one attached hydrogen (secondary N) is 2. The minimum atomic E-state index is -0.680. The van der Waals surface area contributed by atoms with Crippen molar-refractivity contribution in [3.63, 3.8) is 0 Å². The van der Waals surface area contributed by atoms with Crippen LogP contribution in [-0.2, 0) is 9.59 Å². The molecule has 1 heterocycles. The third-order valence-corrected chi connectivity index (χ3v) is 5.17. The predicted molar refractivity (Wildman–Crippen MR) is 113 cm³/mol. The molecule has 2 amide bonds. The molecule has 7 heteroatoms. The molecule has 0 radical (unpaired) electrons. The molecule has 2 aromatic carbocycles. The molecule has 1 atom stereocenters. The molecule has 2 aromatic rings. The number of piperazine rings is 1. The van der Waals surface area contributed by atoms with E-state index >= 15 is 0 Å². The van der Waals surface area contributed by atoms with Gasteiger partial charge in [0.25, 0.3) is 0 Å². The van der Waals surface area contributed by atoms with Crippen molar-refractivity contribution < 1.29 is 14.3 Å². The van der Waals surface area contributed by atoms with Gasteiger partial charge in [0.15, 0.2) is 0 Å². The predicted octanol–water partition coefficient (Wildman–Crippen LogP) is 1.74. The van der Waals surface area contributed by atoms with Gasteiger partial charge >= 0.3 is 11.8 Å². The van der Waals surface area contributed by atoms with Gasteiger partial charge in [0.2, 0.25) is 0 Å². The third-order valence-electron chi connectivity index (χ3n) is 5.17. The molecular formula is C22H28N4O3. The number of ether oxygens (including phenoxy) is 1. The zero-order chi connectivity index (χ0) is 20.6. The highest BCUT2D eigenvalue weighted by Gasteiger charge is 2.25. The second kappa shape index (κ2) is 10.0. The van der Waals surface area contributed by atoms with Crippen molar-refractivity contribution in [2.24, 2.45) is 0 Å². The lowest BCUT2D eigenvalue weighted by Gasteiger charge is -2.38. The van der Waals surface area contributed by atoms with E-state index in [1.165, 1.54) is 0 Å². The third kappa shape index (κ3) is 5.79. The van der Waals surface area contributed by atoms with Crippen molar-refractivity contribution in [2.75, 3.05) is 52.2 Å². The number of carbonyl (C=O) groups excluding carboxylic acids is 2. The molecule has 1 saturated heterocycles. The molecule has 1 aliphatic heterocycles. The molecule has 3 rings (SSSR count). The molecule has 1 unspecified atom stereocenters. The lowest BCUT2D eigenvalue weighted by atomic mass is 10.0. The summed E-state index contributed by atoms with van der Waals surface area (Å²) in [5.74, 6) is -0.637. The number of hydrogen-bond donors (Lipinski definition) is 2. The average Bonchev–Trinajstić information content (AvgIpc) is 2.76. The molecule has 2 N–H and O–H groups in total. The summed E-state index contributed by atoms with van der Waals surface area (Å²) in [5.41, 5.74) is 1.68. The van der Waals surface area contributed by atoms with Gasteiger partial charge in [-0.05, 0) is 36.9 Å². The first-order valence-corrected chi connectivity index (χ1v) is 9.77. The van der Waals surface area contributed by atoms with E-state index in [0.717, 1.165) is 31.7 Å². The largest absolute Gasteiger partial charge is 0.497 e. The van der Waals surface area contributed by atoms with Crippen LogP contribution < -0.4 is 15.4 Å². The monoisotopic (exact) mass is 396 g/mol. The Morgan fingerprint density at radius 2 is 1.62 bits per heavy atom. The Hall–Kier alpha value is -2.90. The van der Waals surface area contributed by atoms with Gasteiger partial charge in [-0.3, -0.25) is 14.5 Å².